The first-order chi connectivity index (χ1) is 12.6. The number of carbonyl (C=O) groups is 2. The molecule has 0 unspecified atom stereocenters. The van der Waals surface area contributed by atoms with E-state index in [2.05, 4.69) is 20.3 Å². The molecule has 0 saturated heterocycles. The monoisotopic (exact) mass is 387 g/mol. The molecule has 0 radical (unpaired) electrons. The maximum Gasteiger partial charge on any atom is 0.239 e. The van der Waals surface area contributed by atoms with Crippen LogP contribution in [-0.2, 0) is 11.2 Å². The Kier molecular flexibility index (Phi) is 5.15. The summed E-state index contributed by atoms with van der Waals surface area (Å²) in [6.45, 7) is 5.83. The predicted octanol–water partition coefficient (Wildman–Crippen LogP) is 2.67. The van der Waals surface area contributed by atoms with Crippen LogP contribution in [0.25, 0.3) is 11.5 Å². The topological polar surface area (TPSA) is 88.1 Å². The number of aryl methyl sites for hydroxylation is 1. The fraction of sp³-hybridized carbons (Fsp3) is 0.421. The number of aromatic nitrogens is 3. The molecule has 0 aliphatic heterocycles. The number of hydrogen-bond acceptors (Lipinski definition) is 6. The van der Waals surface area contributed by atoms with E-state index in [-0.39, 0.29) is 23.8 Å². The largest absolute Gasteiger partial charge is 0.350 e. The van der Waals surface area contributed by atoms with Gasteiger partial charge < -0.3 is 10.2 Å². The molecule has 1 aliphatic carbocycles. The first-order valence-electron chi connectivity index (χ1n) is 8.72. The van der Waals surface area contributed by atoms with Gasteiger partial charge in [0.05, 0.1) is 17.8 Å². The highest BCUT2D eigenvalue weighted by molar-refractivity contribution is 6.30. The molecule has 3 rings (SSSR count). The van der Waals surface area contributed by atoms with Gasteiger partial charge in [0.15, 0.2) is 11.6 Å². The number of nitrogens with one attached hydrogen (secondary N) is 1. The number of likely N-dealkylation sites (N-methyl/N-ethyl adjacent to an activating group) is 1. The number of ketones is 1. The smallest absolute Gasteiger partial charge is 0.239 e. The lowest BCUT2D eigenvalue weighted by Gasteiger charge is -2.25. The summed E-state index contributed by atoms with van der Waals surface area (Å²) in [5.74, 6) is 0.686. The molecule has 0 fully saturated rings. The summed E-state index contributed by atoms with van der Waals surface area (Å²) >= 11 is 6.05. The van der Waals surface area contributed by atoms with Gasteiger partial charge in [0.2, 0.25) is 5.91 Å². The van der Waals surface area contributed by atoms with Gasteiger partial charge in [-0.2, -0.15) is 0 Å². The van der Waals surface area contributed by atoms with Crippen molar-refractivity contribution in [3.05, 3.63) is 34.6 Å². The van der Waals surface area contributed by atoms with Crippen LogP contribution >= 0.6 is 11.6 Å². The van der Waals surface area contributed by atoms with Crippen molar-refractivity contribution >= 4 is 29.1 Å². The lowest BCUT2D eigenvalue weighted by Crippen LogP contribution is -2.45. The number of rotatable bonds is 4. The van der Waals surface area contributed by atoms with Crippen LogP contribution in [0.15, 0.2) is 18.3 Å². The number of Topliss-reactive ketones (excluding diaryl/α,β-unsaturated/α-hetero) is 1. The lowest BCUT2D eigenvalue weighted by atomic mass is 10.1. The maximum atomic E-state index is 12.4. The number of hydrogen-bond donors (Lipinski definition) is 1. The summed E-state index contributed by atoms with van der Waals surface area (Å²) in [4.78, 5) is 39.7. The van der Waals surface area contributed by atoms with Crippen molar-refractivity contribution in [1.82, 2.24) is 20.3 Å². The third-order valence-electron chi connectivity index (χ3n) is 4.04. The average Bonchev–Trinajstić information content (AvgIpc) is 2.93. The first kappa shape index (κ1) is 19.2. The molecular formula is C19H22ClN5O2. The quantitative estimate of drug-likeness (QED) is 0.867. The van der Waals surface area contributed by atoms with Gasteiger partial charge in [-0.1, -0.05) is 11.6 Å². The normalized spacial score (nSPS) is 13.4. The van der Waals surface area contributed by atoms with Crippen LogP contribution in [0.1, 0.15) is 43.2 Å². The molecule has 0 saturated carbocycles. The highest BCUT2D eigenvalue weighted by atomic mass is 35.5. The minimum absolute atomic E-state index is 0.00585. The maximum absolute atomic E-state index is 12.4. The van der Waals surface area contributed by atoms with Gasteiger partial charge in [0.1, 0.15) is 11.5 Å². The van der Waals surface area contributed by atoms with Crippen LogP contribution in [0, 0.1) is 0 Å². The van der Waals surface area contributed by atoms with Crippen molar-refractivity contribution in [2.24, 2.45) is 0 Å². The van der Waals surface area contributed by atoms with Crippen molar-refractivity contribution in [2.75, 3.05) is 18.5 Å². The van der Waals surface area contributed by atoms with E-state index < -0.39 is 0 Å². The Morgan fingerprint density at radius 1 is 1.30 bits per heavy atom. The third-order valence-corrected chi connectivity index (χ3v) is 4.28. The second-order valence-electron chi connectivity index (χ2n) is 7.63. The number of carbonyl (C=O) groups excluding carboxylic acids is 2. The molecule has 27 heavy (non-hydrogen) atoms. The predicted molar refractivity (Wildman–Crippen MR) is 104 cm³/mol. The van der Waals surface area contributed by atoms with Gasteiger partial charge in [-0.3, -0.25) is 14.6 Å². The minimum Gasteiger partial charge on any atom is -0.350 e. The summed E-state index contributed by atoms with van der Waals surface area (Å²) in [5, 5.41) is 3.44. The highest BCUT2D eigenvalue weighted by Crippen LogP contribution is 2.31. The third kappa shape index (κ3) is 4.42. The molecule has 0 spiro atoms. The molecule has 0 atom stereocenters. The van der Waals surface area contributed by atoms with E-state index in [1.54, 1.807) is 30.3 Å². The van der Waals surface area contributed by atoms with E-state index in [0.29, 0.717) is 46.5 Å². The second-order valence-corrected chi connectivity index (χ2v) is 8.07. The molecular weight excluding hydrogens is 366 g/mol. The number of anilines is 1. The minimum atomic E-state index is -0.336. The number of pyridine rings is 1. The molecule has 2 aromatic rings. The van der Waals surface area contributed by atoms with Gasteiger partial charge in [0, 0.05) is 30.2 Å². The standard InChI is InChI=1S/C19H22ClN5O2/c1-19(2,3)24-15(27)10-25(4)18-16-12(5-6-14(16)26)22-17(23-18)13-9-11(20)7-8-21-13/h7-9H,5-6,10H2,1-4H3,(H,24,27). The molecule has 0 aromatic carbocycles. The fourth-order valence-electron chi connectivity index (χ4n) is 2.98. The van der Waals surface area contributed by atoms with E-state index in [1.807, 2.05) is 20.8 Å². The van der Waals surface area contributed by atoms with Crippen LogP contribution in [0.4, 0.5) is 5.82 Å². The van der Waals surface area contributed by atoms with E-state index in [4.69, 9.17) is 11.6 Å². The lowest BCUT2D eigenvalue weighted by molar-refractivity contribution is -0.121. The summed E-state index contributed by atoms with van der Waals surface area (Å²) in [5.41, 5.74) is 1.37. The molecule has 1 N–H and O–H groups in total. The van der Waals surface area contributed by atoms with Crippen LogP contribution < -0.4 is 10.2 Å². The summed E-state index contributed by atoms with van der Waals surface area (Å²) in [6, 6.07) is 3.35. The number of fused-ring (bicyclic) bond motifs is 1. The molecule has 142 valence electrons. The Morgan fingerprint density at radius 3 is 2.70 bits per heavy atom. The molecule has 8 heteroatoms. The van der Waals surface area contributed by atoms with E-state index >= 15 is 0 Å². The SMILES string of the molecule is CN(CC(=O)NC(C)(C)C)c1nc(-c2cc(Cl)ccn2)nc2c1C(=O)CC2. The zero-order valence-electron chi connectivity index (χ0n) is 15.8. The number of nitrogens with zero attached hydrogens (tertiary/aromatic N) is 4. The van der Waals surface area contributed by atoms with Crippen molar-refractivity contribution in [2.45, 2.75) is 39.2 Å². The van der Waals surface area contributed by atoms with Crippen molar-refractivity contribution in [3.63, 3.8) is 0 Å². The fourth-order valence-corrected chi connectivity index (χ4v) is 3.14. The van der Waals surface area contributed by atoms with Gasteiger partial charge in [-0.25, -0.2) is 9.97 Å². The first-order valence-corrected chi connectivity index (χ1v) is 9.10. The van der Waals surface area contributed by atoms with E-state index in [0.717, 1.165) is 0 Å². The Bertz CT molecular complexity index is 907. The molecule has 1 amide bonds. The molecule has 2 heterocycles. The van der Waals surface area contributed by atoms with Crippen LogP contribution in [0.5, 0.6) is 0 Å². The number of halogens is 1. The van der Waals surface area contributed by atoms with Crippen molar-refractivity contribution in [1.29, 1.82) is 0 Å². The van der Waals surface area contributed by atoms with Crippen molar-refractivity contribution in [3.8, 4) is 11.5 Å². The Hall–Kier alpha value is -2.54. The van der Waals surface area contributed by atoms with Gasteiger partial charge in [-0.15, -0.1) is 0 Å². The van der Waals surface area contributed by atoms with E-state index in [1.165, 1.54) is 0 Å². The molecule has 0 bridgehead atoms. The number of amides is 1. The Morgan fingerprint density at radius 2 is 2.04 bits per heavy atom. The molecule has 2 aromatic heterocycles. The molecule has 7 nitrogen and oxygen atoms in total. The summed E-state index contributed by atoms with van der Waals surface area (Å²) in [6.07, 6.45) is 2.53. The summed E-state index contributed by atoms with van der Waals surface area (Å²) in [7, 11) is 1.74. The highest BCUT2D eigenvalue weighted by Gasteiger charge is 2.29. The van der Waals surface area contributed by atoms with Crippen LogP contribution in [0.2, 0.25) is 5.02 Å². The van der Waals surface area contributed by atoms with Gasteiger partial charge in [-0.05, 0) is 39.3 Å². The average molecular weight is 388 g/mol. The molecule has 1 aliphatic rings. The Balaban J connectivity index is 1.98. The van der Waals surface area contributed by atoms with Gasteiger partial charge in [0.25, 0.3) is 0 Å². The zero-order chi connectivity index (χ0) is 19.8. The second kappa shape index (κ2) is 7.23. The zero-order valence-corrected chi connectivity index (χ0v) is 16.6. The summed E-state index contributed by atoms with van der Waals surface area (Å²) < 4.78 is 0. The van der Waals surface area contributed by atoms with Gasteiger partial charge >= 0.3 is 0 Å². The van der Waals surface area contributed by atoms with Crippen LogP contribution in [-0.4, -0.2) is 45.8 Å². The Labute approximate surface area is 163 Å². The van der Waals surface area contributed by atoms with Crippen LogP contribution in [0.3, 0.4) is 0 Å². The van der Waals surface area contributed by atoms with Crippen molar-refractivity contribution < 1.29 is 9.59 Å². The van der Waals surface area contributed by atoms with E-state index in [9.17, 15) is 9.59 Å².